The highest BCUT2D eigenvalue weighted by atomic mass is 35.5. The summed E-state index contributed by atoms with van der Waals surface area (Å²) in [4.78, 5) is 11.1. The summed E-state index contributed by atoms with van der Waals surface area (Å²) in [5.41, 5.74) is 1.72. The second-order valence-electron chi connectivity index (χ2n) is 3.85. The summed E-state index contributed by atoms with van der Waals surface area (Å²) in [6.07, 6.45) is 0. The summed E-state index contributed by atoms with van der Waals surface area (Å²) in [7, 11) is 1.62. The Morgan fingerprint density at radius 3 is 2.84 bits per heavy atom. The maximum Gasteiger partial charge on any atom is 0.229 e. The Hall–Kier alpha value is -1.46. The van der Waals surface area contributed by atoms with E-state index in [1.165, 1.54) is 11.8 Å². The Labute approximate surface area is 120 Å². The van der Waals surface area contributed by atoms with Crippen LogP contribution in [-0.2, 0) is 10.5 Å². The van der Waals surface area contributed by atoms with Crippen LogP contribution in [0.5, 0.6) is 0 Å². The van der Waals surface area contributed by atoms with Gasteiger partial charge in [0.1, 0.15) is 11.5 Å². The van der Waals surface area contributed by atoms with Crippen molar-refractivity contribution in [2.45, 2.75) is 5.75 Å². The fraction of sp³-hybridized carbons (Fsp3) is 0.231. The van der Waals surface area contributed by atoms with Crippen LogP contribution in [0.2, 0.25) is 5.02 Å². The van der Waals surface area contributed by atoms with Crippen LogP contribution in [-0.4, -0.2) is 23.9 Å². The SMILES string of the molecule is CNC(=O)CSCc1cc(-c2ccc(Cl)cc2)no1. The number of nitrogens with zero attached hydrogens (tertiary/aromatic N) is 1. The summed E-state index contributed by atoms with van der Waals surface area (Å²) in [5, 5.41) is 7.26. The van der Waals surface area contributed by atoms with Crippen molar-refractivity contribution in [1.29, 1.82) is 0 Å². The standard InChI is InChI=1S/C13H13ClN2O2S/c1-15-13(17)8-19-7-11-6-12(16-18-11)9-2-4-10(14)5-3-9/h2-6H,7-8H2,1H3,(H,15,17). The summed E-state index contributed by atoms with van der Waals surface area (Å²) >= 11 is 7.31. The first-order valence-corrected chi connectivity index (χ1v) is 7.22. The summed E-state index contributed by atoms with van der Waals surface area (Å²) < 4.78 is 5.23. The van der Waals surface area contributed by atoms with Gasteiger partial charge in [0.15, 0.2) is 0 Å². The van der Waals surface area contributed by atoms with E-state index in [1.54, 1.807) is 7.05 Å². The third-order valence-corrected chi connectivity index (χ3v) is 3.66. The highest BCUT2D eigenvalue weighted by Crippen LogP contribution is 2.23. The number of benzene rings is 1. The van der Waals surface area contributed by atoms with Crippen LogP contribution >= 0.6 is 23.4 Å². The molecule has 6 heteroatoms. The van der Waals surface area contributed by atoms with E-state index in [0.717, 1.165) is 17.0 Å². The Kier molecular flexibility index (Phi) is 4.87. The average molecular weight is 297 g/mol. The lowest BCUT2D eigenvalue weighted by Crippen LogP contribution is -2.19. The molecule has 1 N–H and O–H groups in total. The lowest BCUT2D eigenvalue weighted by atomic mass is 10.1. The molecule has 100 valence electrons. The third-order valence-electron chi connectivity index (χ3n) is 2.46. The van der Waals surface area contributed by atoms with Gasteiger partial charge >= 0.3 is 0 Å². The molecule has 2 rings (SSSR count). The number of hydrogen-bond donors (Lipinski definition) is 1. The van der Waals surface area contributed by atoms with Crippen LogP contribution in [0.4, 0.5) is 0 Å². The Morgan fingerprint density at radius 2 is 2.16 bits per heavy atom. The van der Waals surface area contributed by atoms with Gasteiger partial charge in [-0.25, -0.2) is 0 Å². The van der Waals surface area contributed by atoms with E-state index in [0.29, 0.717) is 16.5 Å². The molecule has 0 atom stereocenters. The molecule has 0 aliphatic carbocycles. The number of hydrogen-bond acceptors (Lipinski definition) is 4. The normalized spacial score (nSPS) is 10.4. The van der Waals surface area contributed by atoms with Crippen LogP contribution in [0.1, 0.15) is 5.76 Å². The predicted molar refractivity (Wildman–Crippen MR) is 77.2 cm³/mol. The maximum absolute atomic E-state index is 11.1. The Balaban J connectivity index is 1.95. The molecule has 4 nitrogen and oxygen atoms in total. The predicted octanol–water partition coefficient (Wildman–Crippen LogP) is 2.97. The van der Waals surface area contributed by atoms with Crippen LogP contribution in [0.3, 0.4) is 0 Å². The Bertz CT molecular complexity index is 554. The van der Waals surface area contributed by atoms with Gasteiger partial charge < -0.3 is 9.84 Å². The van der Waals surface area contributed by atoms with Gasteiger partial charge in [0.2, 0.25) is 5.91 Å². The minimum atomic E-state index is 0.00226. The zero-order valence-corrected chi connectivity index (χ0v) is 11.9. The lowest BCUT2D eigenvalue weighted by Gasteiger charge is -1.96. The van der Waals surface area contributed by atoms with Crippen molar-refractivity contribution < 1.29 is 9.32 Å². The number of aromatic nitrogens is 1. The van der Waals surface area contributed by atoms with Gasteiger partial charge in [-0.05, 0) is 12.1 Å². The zero-order valence-electron chi connectivity index (χ0n) is 10.4. The van der Waals surface area contributed by atoms with Crippen molar-refractivity contribution in [2.24, 2.45) is 0 Å². The second kappa shape index (κ2) is 6.63. The van der Waals surface area contributed by atoms with Gasteiger partial charge in [-0.3, -0.25) is 4.79 Å². The monoisotopic (exact) mass is 296 g/mol. The Morgan fingerprint density at radius 1 is 1.42 bits per heavy atom. The smallest absolute Gasteiger partial charge is 0.229 e. The van der Waals surface area contributed by atoms with Gasteiger partial charge in [-0.1, -0.05) is 28.9 Å². The molecule has 2 aromatic rings. The highest BCUT2D eigenvalue weighted by Gasteiger charge is 2.07. The molecule has 0 fully saturated rings. The molecule has 1 aromatic heterocycles. The van der Waals surface area contributed by atoms with Gasteiger partial charge in [-0.2, -0.15) is 0 Å². The second-order valence-corrected chi connectivity index (χ2v) is 5.27. The molecule has 0 bridgehead atoms. The summed E-state index contributed by atoms with van der Waals surface area (Å²) in [5.74, 6) is 1.78. The average Bonchev–Trinajstić information content (AvgIpc) is 2.88. The molecule has 0 aliphatic heterocycles. The zero-order chi connectivity index (χ0) is 13.7. The molecule has 19 heavy (non-hydrogen) atoms. The number of nitrogens with one attached hydrogen (secondary N) is 1. The molecule has 0 unspecified atom stereocenters. The van der Waals surface area contributed by atoms with Crippen LogP contribution in [0.15, 0.2) is 34.9 Å². The molecule has 0 aliphatic rings. The van der Waals surface area contributed by atoms with Crippen molar-refractivity contribution in [1.82, 2.24) is 10.5 Å². The van der Waals surface area contributed by atoms with E-state index >= 15 is 0 Å². The molecule has 1 amide bonds. The fourth-order valence-corrected chi connectivity index (χ4v) is 2.35. The summed E-state index contributed by atoms with van der Waals surface area (Å²) in [6, 6.07) is 9.28. The number of carbonyl (C=O) groups is 1. The van der Waals surface area contributed by atoms with E-state index in [4.69, 9.17) is 16.1 Å². The van der Waals surface area contributed by atoms with E-state index in [2.05, 4.69) is 10.5 Å². The van der Waals surface area contributed by atoms with Crippen LogP contribution < -0.4 is 5.32 Å². The van der Waals surface area contributed by atoms with E-state index in [-0.39, 0.29) is 5.91 Å². The first-order chi connectivity index (χ1) is 9.19. The van der Waals surface area contributed by atoms with Gasteiger partial charge in [0.25, 0.3) is 0 Å². The summed E-state index contributed by atoms with van der Waals surface area (Å²) in [6.45, 7) is 0. The van der Waals surface area contributed by atoms with E-state index < -0.39 is 0 Å². The van der Waals surface area contributed by atoms with Crippen molar-refractivity contribution in [2.75, 3.05) is 12.8 Å². The quantitative estimate of drug-likeness (QED) is 0.921. The number of carbonyl (C=O) groups excluding carboxylic acids is 1. The van der Waals surface area contributed by atoms with Gasteiger partial charge in [0, 0.05) is 23.7 Å². The number of rotatable bonds is 5. The van der Waals surface area contributed by atoms with Gasteiger partial charge in [0.05, 0.1) is 11.5 Å². The van der Waals surface area contributed by atoms with Crippen LogP contribution in [0, 0.1) is 0 Å². The third kappa shape index (κ3) is 4.01. The van der Waals surface area contributed by atoms with Crippen molar-refractivity contribution in [3.05, 3.63) is 41.1 Å². The molecule has 0 saturated heterocycles. The van der Waals surface area contributed by atoms with Gasteiger partial charge in [-0.15, -0.1) is 11.8 Å². The molecular formula is C13H13ClN2O2S. The minimum absolute atomic E-state index is 0.00226. The lowest BCUT2D eigenvalue weighted by molar-refractivity contribution is -0.118. The molecule has 0 radical (unpaired) electrons. The van der Waals surface area contributed by atoms with E-state index in [1.807, 2.05) is 30.3 Å². The molecule has 1 heterocycles. The maximum atomic E-state index is 11.1. The van der Waals surface area contributed by atoms with Crippen molar-refractivity contribution in [3.63, 3.8) is 0 Å². The minimum Gasteiger partial charge on any atom is -0.360 e. The number of amides is 1. The van der Waals surface area contributed by atoms with E-state index in [9.17, 15) is 4.79 Å². The molecule has 0 saturated carbocycles. The largest absolute Gasteiger partial charge is 0.360 e. The first kappa shape index (κ1) is 14.0. The number of thioether (sulfide) groups is 1. The molecule has 0 spiro atoms. The molecular weight excluding hydrogens is 284 g/mol. The fourth-order valence-electron chi connectivity index (χ4n) is 1.45. The van der Waals surface area contributed by atoms with Crippen molar-refractivity contribution >= 4 is 29.3 Å². The van der Waals surface area contributed by atoms with Crippen molar-refractivity contribution in [3.8, 4) is 11.3 Å². The first-order valence-electron chi connectivity index (χ1n) is 5.69. The van der Waals surface area contributed by atoms with Crippen LogP contribution in [0.25, 0.3) is 11.3 Å². The molecule has 1 aromatic carbocycles. The topological polar surface area (TPSA) is 55.1 Å². The number of halogens is 1. The highest BCUT2D eigenvalue weighted by molar-refractivity contribution is 7.99.